The molecule has 1 aromatic heterocycles. The van der Waals surface area contributed by atoms with E-state index < -0.39 is 5.97 Å². The zero-order chi connectivity index (χ0) is 13.5. The molecular weight excluding hydrogens is 246 g/mol. The Morgan fingerprint density at radius 1 is 1.32 bits per heavy atom. The second kappa shape index (κ2) is 6.70. The molecule has 5 heteroatoms. The summed E-state index contributed by atoms with van der Waals surface area (Å²) in [6.45, 7) is 1.08. The lowest BCUT2D eigenvalue weighted by Crippen LogP contribution is -1.99. The highest BCUT2D eigenvalue weighted by molar-refractivity contribution is 5.69. The SMILES string of the molecule is O=C(O)Cc1cc(CCOCc2ccccc2)no1. The van der Waals surface area contributed by atoms with Crippen molar-refractivity contribution in [3.05, 3.63) is 53.4 Å². The summed E-state index contributed by atoms with van der Waals surface area (Å²) in [5.74, 6) is -0.561. The average Bonchev–Trinajstić information content (AvgIpc) is 2.83. The first kappa shape index (κ1) is 13.3. The number of hydrogen-bond donors (Lipinski definition) is 1. The van der Waals surface area contributed by atoms with Crippen molar-refractivity contribution in [2.45, 2.75) is 19.4 Å². The topological polar surface area (TPSA) is 72.6 Å². The average molecular weight is 261 g/mol. The van der Waals surface area contributed by atoms with Gasteiger partial charge in [-0.3, -0.25) is 4.79 Å². The van der Waals surface area contributed by atoms with Gasteiger partial charge in [0.1, 0.15) is 12.2 Å². The van der Waals surface area contributed by atoms with Gasteiger partial charge in [-0.05, 0) is 5.56 Å². The molecule has 0 bridgehead atoms. The predicted molar refractivity (Wildman–Crippen MR) is 67.6 cm³/mol. The molecule has 1 N–H and O–H groups in total. The van der Waals surface area contributed by atoms with Crippen LogP contribution < -0.4 is 0 Å². The lowest BCUT2D eigenvalue weighted by atomic mass is 10.2. The number of carboxylic acids is 1. The molecule has 2 aromatic rings. The minimum atomic E-state index is -0.928. The molecule has 100 valence electrons. The van der Waals surface area contributed by atoms with Gasteiger partial charge in [-0.25, -0.2) is 0 Å². The van der Waals surface area contributed by atoms with Crippen LogP contribution in [0.3, 0.4) is 0 Å². The van der Waals surface area contributed by atoms with Gasteiger partial charge in [-0.1, -0.05) is 35.5 Å². The molecule has 2 rings (SSSR count). The summed E-state index contributed by atoms with van der Waals surface area (Å²) < 4.78 is 10.4. The van der Waals surface area contributed by atoms with Crippen molar-refractivity contribution in [3.8, 4) is 0 Å². The maximum Gasteiger partial charge on any atom is 0.311 e. The molecule has 0 aliphatic rings. The van der Waals surface area contributed by atoms with E-state index in [1.54, 1.807) is 6.07 Å². The summed E-state index contributed by atoms with van der Waals surface area (Å²) in [5.41, 5.74) is 1.83. The van der Waals surface area contributed by atoms with E-state index in [0.717, 1.165) is 5.56 Å². The molecule has 1 heterocycles. The minimum Gasteiger partial charge on any atom is -0.481 e. The van der Waals surface area contributed by atoms with E-state index >= 15 is 0 Å². The number of carboxylic acid groups (broad SMARTS) is 1. The third kappa shape index (κ3) is 4.56. The Morgan fingerprint density at radius 2 is 2.11 bits per heavy atom. The van der Waals surface area contributed by atoms with Crippen LogP contribution in [0.15, 0.2) is 40.9 Å². The van der Waals surface area contributed by atoms with Crippen LogP contribution in [0.2, 0.25) is 0 Å². The van der Waals surface area contributed by atoms with Crippen LogP contribution in [0.1, 0.15) is 17.0 Å². The Kier molecular flexibility index (Phi) is 4.69. The van der Waals surface area contributed by atoms with Crippen molar-refractivity contribution in [1.29, 1.82) is 0 Å². The smallest absolute Gasteiger partial charge is 0.311 e. The Morgan fingerprint density at radius 3 is 2.84 bits per heavy atom. The molecule has 0 spiro atoms. The first-order valence-corrected chi connectivity index (χ1v) is 6.02. The van der Waals surface area contributed by atoms with Gasteiger partial charge in [0.15, 0.2) is 0 Å². The summed E-state index contributed by atoms with van der Waals surface area (Å²) in [4.78, 5) is 10.5. The minimum absolute atomic E-state index is 0.141. The lowest BCUT2D eigenvalue weighted by Gasteiger charge is -2.02. The number of ether oxygens (including phenoxy) is 1. The van der Waals surface area contributed by atoms with Gasteiger partial charge in [0.2, 0.25) is 0 Å². The van der Waals surface area contributed by atoms with Gasteiger partial charge in [0, 0.05) is 12.5 Å². The molecule has 0 aliphatic heterocycles. The van der Waals surface area contributed by atoms with Crippen molar-refractivity contribution in [2.24, 2.45) is 0 Å². The number of carbonyl (C=O) groups is 1. The molecule has 0 fully saturated rings. The zero-order valence-electron chi connectivity index (χ0n) is 10.4. The van der Waals surface area contributed by atoms with Crippen LogP contribution in [-0.2, 0) is 29.0 Å². The number of nitrogens with zero attached hydrogens (tertiary/aromatic N) is 1. The number of aliphatic carboxylic acids is 1. The van der Waals surface area contributed by atoms with Crippen molar-refractivity contribution in [1.82, 2.24) is 5.16 Å². The molecule has 5 nitrogen and oxygen atoms in total. The fraction of sp³-hybridized carbons (Fsp3) is 0.286. The molecule has 0 saturated carbocycles. The second-order valence-corrected chi connectivity index (χ2v) is 4.14. The third-order valence-corrected chi connectivity index (χ3v) is 2.55. The summed E-state index contributed by atoms with van der Waals surface area (Å²) in [5, 5.41) is 12.4. The summed E-state index contributed by atoms with van der Waals surface area (Å²) in [6.07, 6.45) is 0.466. The predicted octanol–water partition coefficient (Wildman–Crippen LogP) is 2.06. The van der Waals surface area contributed by atoms with Gasteiger partial charge in [-0.15, -0.1) is 0 Å². The third-order valence-electron chi connectivity index (χ3n) is 2.55. The highest BCUT2D eigenvalue weighted by atomic mass is 16.5. The second-order valence-electron chi connectivity index (χ2n) is 4.14. The van der Waals surface area contributed by atoms with E-state index in [4.69, 9.17) is 14.4 Å². The van der Waals surface area contributed by atoms with Crippen LogP contribution in [0.5, 0.6) is 0 Å². The van der Waals surface area contributed by atoms with E-state index in [0.29, 0.717) is 31.1 Å². The standard InChI is InChI=1S/C14H15NO4/c16-14(17)9-13-8-12(15-19-13)6-7-18-10-11-4-2-1-3-5-11/h1-5,8H,6-7,9-10H2,(H,16,17). The molecule has 0 radical (unpaired) electrons. The van der Waals surface area contributed by atoms with Crippen LogP contribution in [-0.4, -0.2) is 22.8 Å². The fourth-order valence-electron chi connectivity index (χ4n) is 1.65. The van der Waals surface area contributed by atoms with E-state index in [9.17, 15) is 4.79 Å². The molecule has 0 saturated heterocycles. The summed E-state index contributed by atoms with van der Waals surface area (Å²) in [7, 11) is 0. The number of rotatable bonds is 7. The Balaban J connectivity index is 1.71. The first-order chi connectivity index (χ1) is 9.24. The Labute approximate surface area is 110 Å². The number of hydrogen-bond acceptors (Lipinski definition) is 4. The van der Waals surface area contributed by atoms with Gasteiger partial charge < -0.3 is 14.4 Å². The molecule has 0 unspecified atom stereocenters. The van der Waals surface area contributed by atoms with E-state index in [2.05, 4.69) is 5.16 Å². The van der Waals surface area contributed by atoms with Gasteiger partial charge in [-0.2, -0.15) is 0 Å². The van der Waals surface area contributed by atoms with Gasteiger partial charge in [0.05, 0.1) is 18.9 Å². The largest absolute Gasteiger partial charge is 0.481 e. The highest BCUT2D eigenvalue weighted by Crippen LogP contribution is 2.06. The normalized spacial score (nSPS) is 10.5. The van der Waals surface area contributed by atoms with E-state index in [1.807, 2.05) is 30.3 Å². The van der Waals surface area contributed by atoms with Gasteiger partial charge >= 0.3 is 5.97 Å². The summed E-state index contributed by atoms with van der Waals surface area (Å²) in [6, 6.07) is 11.5. The molecule has 0 aliphatic carbocycles. The highest BCUT2D eigenvalue weighted by Gasteiger charge is 2.07. The molecular formula is C14H15NO4. The molecule has 0 atom stereocenters. The maximum absolute atomic E-state index is 10.5. The molecule has 0 amide bonds. The van der Waals surface area contributed by atoms with Crippen LogP contribution >= 0.6 is 0 Å². The van der Waals surface area contributed by atoms with E-state index in [1.165, 1.54) is 0 Å². The summed E-state index contributed by atoms with van der Waals surface area (Å²) >= 11 is 0. The number of aromatic nitrogens is 1. The van der Waals surface area contributed by atoms with Crippen molar-refractivity contribution >= 4 is 5.97 Å². The molecule has 1 aromatic carbocycles. The van der Waals surface area contributed by atoms with Crippen molar-refractivity contribution in [2.75, 3.05) is 6.61 Å². The van der Waals surface area contributed by atoms with E-state index in [-0.39, 0.29) is 6.42 Å². The Bertz CT molecular complexity index is 521. The van der Waals surface area contributed by atoms with Crippen LogP contribution in [0, 0.1) is 0 Å². The fourth-order valence-corrected chi connectivity index (χ4v) is 1.65. The van der Waals surface area contributed by atoms with Crippen molar-refractivity contribution in [3.63, 3.8) is 0 Å². The number of benzene rings is 1. The van der Waals surface area contributed by atoms with Gasteiger partial charge in [0.25, 0.3) is 0 Å². The quantitative estimate of drug-likeness (QED) is 0.772. The van der Waals surface area contributed by atoms with Crippen molar-refractivity contribution < 1.29 is 19.2 Å². The monoisotopic (exact) mass is 261 g/mol. The maximum atomic E-state index is 10.5. The Hall–Kier alpha value is -2.14. The first-order valence-electron chi connectivity index (χ1n) is 6.02. The van der Waals surface area contributed by atoms with Crippen LogP contribution in [0.4, 0.5) is 0 Å². The van der Waals surface area contributed by atoms with Crippen LogP contribution in [0.25, 0.3) is 0 Å². The molecule has 19 heavy (non-hydrogen) atoms. The zero-order valence-corrected chi connectivity index (χ0v) is 10.4. The lowest BCUT2D eigenvalue weighted by molar-refractivity contribution is -0.136.